The van der Waals surface area contributed by atoms with Gasteiger partial charge >= 0.3 is 5.97 Å². The molecule has 0 amide bonds. The van der Waals surface area contributed by atoms with Crippen LogP contribution in [-0.2, 0) is 0 Å². The number of aromatic nitrogens is 2. The maximum absolute atomic E-state index is 11.3. The molecular weight excluding hydrogens is 290 g/mol. The number of rotatable bonds is 3. The van der Waals surface area contributed by atoms with Crippen LogP contribution >= 0.6 is 0 Å². The fraction of sp³-hybridized carbons (Fsp3) is 0.167. The van der Waals surface area contributed by atoms with Gasteiger partial charge in [0.15, 0.2) is 0 Å². The van der Waals surface area contributed by atoms with Crippen LogP contribution in [0.2, 0.25) is 0 Å². The molecule has 0 aliphatic heterocycles. The minimum atomic E-state index is -0.984. The van der Waals surface area contributed by atoms with Crippen LogP contribution in [0.5, 0.6) is 0 Å². The lowest BCUT2D eigenvalue weighted by molar-refractivity contribution is 0.0698. The molecule has 3 aromatic rings. The molecule has 1 aromatic carbocycles. The third-order valence-electron chi connectivity index (χ3n) is 3.72. The van der Waals surface area contributed by atoms with E-state index in [-0.39, 0.29) is 5.56 Å². The van der Waals surface area contributed by atoms with Gasteiger partial charge in [-0.05, 0) is 50.6 Å². The Kier molecular flexibility index (Phi) is 3.70. The Labute approximate surface area is 134 Å². The van der Waals surface area contributed by atoms with Gasteiger partial charge in [0, 0.05) is 6.20 Å². The van der Waals surface area contributed by atoms with Gasteiger partial charge in [-0.2, -0.15) is 0 Å². The minimum Gasteiger partial charge on any atom is -0.478 e. The summed E-state index contributed by atoms with van der Waals surface area (Å²) in [5, 5.41) is 9.28. The summed E-state index contributed by atoms with van der Waals surface area (Å²) >= 11 is 0. The van der Waals surface area contributed by atoms with Crippen molar-refractivity contribution < 1.29 is 9.90 Å². The van der Waals surface area contributed by atoms with Crippen LogP contribution in [-0.4, -0.2) is 26.2 Å². The molecular formula is C18H17N3O2. The predicted octanol–water partition coefficient (Wildman–Crippen LogP) is 3.79. The minimum absolute atomic E-state index is 0.189. The van der Waals surface area contributed by atoms with Gasteiger partial charge in [0.05, 0.1) is 28.4 Å². The first-order valence-corrected chi connectivity index (χ1v) is 7.30. The van der Waals surface area contributed by atoms with Crippen molar-refractivity contribution in [3.05, 3.63) is 65.1 Å². The number of aromatic carboxylic acids is 1. The zero-order chi connectivity index (χ0) is 16.6. The number of aliphatic imine (C=N–C) groups is 1. The smallest absolute Gasteiger partial charge is 0.337 e. The van der Waals surface area contributed by atoms with E-state index in [2.05, 4.69) is 9.98 Å². The lowest BCUT2D eigenvalue weighted by Gasteiger charge is -2.05. The van der Waals surface area contributed by atoms with Crippen LogP contribution in [0, 0.1) is 13.8 Å². The van der Waals surface area contributed by atoms with Gasteiger partial charge in [-0.3, -0.25) is 9.39 Å². The number of nitrogens with zero attached hydrogens (tertiary/aromatic N) is 3. The van der Waals surface area contributed by atoms with Crippen molar-refractivity contribution in [3.8, 4) is 0 Å². The van der Waals surface area contributed by atoms with Crippen LogP contribution < -0.4 is 0 Å². The SMILES string of the molecule is CC(=Nc1ccccc1C(=O)O)c1c(C)nc2cc(C)ccn12. The fourth-order valence-electron chi connectivity index (χ4n) is 2.69. The standard InChI is InChI=1S/C18H17N3O2/c1-11-8-9-21-16(10-11)20-13(3)17(21)12(2)19-15-7-5-4-6-14(15)18(22)23/h4-10H,1-3H3,(H,22,23). The van der Waals surface area contributed by atoms with Crippen molar-refractivity contribution in [3.63, 3.8) is 0 Å². The van der Waals surface area contributed by atoms with Crippen LogP contribution in [0.1, 0.15) is 34.2 Å². The Morgan fingerprint density at radius 1 is 1.22 bits per heavy atom. The van der Waals surface area contributed by atoms with Gasteiger partial charge < -0.3 is 5.11 Å². The van der Waals surface area contributed by atoms with Crippen molar-refractivity contribution in [2.75, 3.05) is 0 Å². The van der Waals surface area contributed by atoms with E-state index in [4.69, 9.17) is 0 Å². The second kappa shape index (κ2) is 5.68. The monoisotopic (exact) mass is 307 g/mol. The number of hydrogen-bond donors (Lipinski definition) is 1. The lowest BCUT2D eigenvalue weighted by Crippen LogP contribution is -2.03. The highest BCUT2D eigenvalue weighted by atomic mass is 16.4. The van der Waals surface area contributed by atoms with Gasteiger partial charge in [-0.15, -0.1) is 0 Å². The topological polar surface area (TPSA) is 67.0 Å². The van der Waals surface area contributed by atoms with E-state index in [1.807, 2.05) is 43.5 Å². The summed E-state index contributed by atoms with van der Waals surface area (Å²) in [7, 11) is 0. The highest BCUT2D eigenvalue weighted by molar-refractivity contribution is 6.02. The number of hydrogen-bond acceptors (Lipinski definition) is 3. The highest BCUT2D eigenvalue weighted by Crippen LogP contribution is 2.22. The van der Waals surface area contributed by atoms with Gasteiger partial charge in [0.1, 0.15) is 5.65 Å². The van der Waals surface area contributed by atoms with Crippen LogP contribution in [0.15, 0.2) is 47.6 Å². The zero-order valence-corrected chi connectivity index (χ0v) is 13.2. The summed E-state index contributed by atoms with van der Waals surface area (Å²) in [6.07, 6.45) is 1.96. The molecule has 2 heterocycles. The molecule has 5 nitrogen and oxygen atoms in total. The molecule has 2 aromatic heterocycles. The summed E-state index contributed by atoms with van der Waals surface area (Å²) in [4.78, 5) is 20.4. The van der Waals surface area contributed by atoms with Crippen molar-refractivity contribution in [2.45, 2.75) is 20.8 Å². The molecule has 0 aliphatic rings. The molecule has 0 unspecified atom stereocenters. The number of benzene rings is 1. The molecule has 0 bridgehead atoms. The van der Waals surface area contributed by atoms with Gasteiger partial charge in [0.25, 0.3) is 0 Å². The number of para-hydroxylation sites is 1. The van der Waals surface area contributed by atoms with Crippen LogP contribution in [0.3, 0.4) is 0 Å². The summed E-state index contributed by atoms with van der Waals surface area (Å²) in [5.74, 6) is -0.984. The normalized spacial score (nSPS) is 11.9. The number of aryl methyl sites for hydroxylation is 2. The molecule has 3 rings (SSSR count). The molecule has 0 radical (unpaired) electrons. The summed E-state index contributed by atoms with van der Waals surface area (Å²) in [5.41, 5.74) is 5.11. The molecule has 0 saturated heterocycles. The molecule has 0 saturated carbocycles. The van der Waals surface area contributed by atoms with Gasteiger partial charge in [0.2, 0.25) is 0 Å². The zero-order valence-electron chi connectivity index (χ0n) is 13.2. The number of carbonyl (C=O) groups is 1. The third-order valence-corrected chi connectivity index (χ3v) is 3.72. The molecule has 0 aliphatic carbocycles. The molecule has 23 heavy (non-hydrogen) atoms. The molecule has 5 heteroatoms. The molecule has 116 valence electrons. The Hall–Kier alpha value is -2.95. The van der Waals surface area contributed by atoms with E-state index >= 15 is 0 Å². The molecule has 1 N–H and O–H groups in total. The number of pyridine rings is 1. The summed E-state index contributed by atoms with van der Waals surface area (Å²) < 4.78 is 1.98. The number of fused-ring (bicyclic) bond motifs is 1. The Morgan fingerprint density at radius 3 is 2.70 bits per heavy atom. The van der Waals surface area contributed by atoms with Gasteiger partial charge in [-0.25, -0.2) is 9.78 Å². The second-order valence-corrected chi connectivity index (χ2v) is 5.50. The lowest BCUT2D eigenvalue weighted by atomic mass is 10.1. The van der Waals surface area contributed by atoms with E-state index in [1.54, 1.807) is 24.3 Å². The Balaban J connectivity index is 2.16. The second-order valence-electron chi connectivity index (χ2n) is 5.50. The van der Waals surface area contributed by atoms with E-state index in [0.29, 0.717) is 5.69 Å². The van der Waals surface area contributed by atoms with E-state index < -0.39 is 5.97 Å². The number of carboxylic acid groups (broad SMARTS) is 1. The number of carboxylic acids is 1. The third kappa shape index (κ3) is 2.73. The fourth-order valence-corrected chi connectivity index (χ4v) is 2.69. The van der Waals surface area contributed by atoms with Crippen LogP contribution in [0.25, 0.3) is 5.65 Å². The highest BCUT2D eigenvalue weighted by Gasteiger charge is 2.13. The summed E-state index contributed by atoms with van der Waals surface area (Å²) in [6, 6.07) is 10.8. The maximum Gasteiger partial charge on any atom is 0.337 e. The molecule has 0 spiro atoms. The summed E-state index contributed by atoms with van der Waals surface area (Å²) in [6.45, 7) is 5.82. The average molecular weight is 307 g/mol. The van der Waals surface area contributed by atoms with Crippen molar-refractivity contribution in [2.24, 2.45) is 4.99 Å². The Bertz CT molecular complexity index is 939. The first kappa shape index (κ1) is 15.0. The predicted molar refractivity (Wildman–Crippen MR) is 89.9 cm³/mol. The van der Waals surface area contributed by atoms with E-state index in [9.17, 15) is 9.90 Å². The van der Waals surface area contributed by atoms with E-state index in [0.717, 1.165) is 28.3 Å². The van der Waals surface area contributed by atoms with Crippen LogP contribution in [0.4, 0.5) is 5.69 Å². The number of imidazole rings is 1. The first-order chi connectivity index (χ1) is 11.0. The quantitative estimate of drug-likeness (QED) is 0.749. The average Bonchev–Trinajstić information content (AvgIpc) is 2.82. The van der Waals surface area contributed by atoms with Gasteiger partial charge in [-0.1, -0.05) is 12.1 Å². The van der Waals surface area contributed by atoms with E-state index in [1.165, 1.54) is 0 Å². The van der Waals surface area contributed by atoms with Crippen molar-refractivity contribution in [1.82, 2.24) is 9.38 Å². The Morgan fingerprint density at radius 2 is 1.96 bits per heavy atom. The van der Waals surface area contributed by atoms with Crippen molar-refractivity contribution in [1.29, 1.82) is 0 Å². The van der Waals surface area contributed by atoms with Crippen molar-refractivity contribution >= 4 is 23.0 Å². The maximum atomic E-state index is 11.3. The molecule has 0 fully saturated rings. The first-order valence-electron chi connectivity index (χ1n) is 7.30. The largest absolute Gasteiger partial charge is 0.478 e. The molecule has 0 atom stereocenters.